The van der Waals surface area contributed by atoms with E-state index in [0.717, 1.165) is 68.3 Å². The molecule has 26 nitrogen and oxygen atoms in total. The number of hydrogen-bond acceptors (Lipinski definition) is 25. The smallest absolute Gasteiger partial charge is 0.397 e. The third-order valence-electron chi connectivity index (χ3n) is 20.8. The van der Waals surface area contributed by atoms with Crippen molar-refractivity contribution in [1.82, 2.24) is 15.3 Å². The van der Waals surface area contributed by atoms with Gasteiger partial charge >= 0.3 is 16.4 Å². The maximum atomic E-state index is 14.2. The van der Waals surface area contributed by atoms with Crippen molar-refractivity contribution in [3.05, 3.63) is 57.7 Å². The summed E-state index contributed by atoms with van der Waals surface area (Å²) >= 11 is 1.66. The number of rotatable bonds is 29. The molecule has 23 atom stereocenters. The predicted octanol–water partition coefficient (Wildman–Crippen LogP) is 8.81. The fraction of sp³-hybridized carbons (Fsp3) is 0.844. The number of nitrogens with one attached hydrogen (secondary N) is 1. The highest BCUT2D eigenvalue weighted by Crippen LogP contribution is 2.38. The molecule has 2 aromatic rings. The van der Waals surface area contributed by atoms with Gasteiger partial charge in [0.2, 0.25) is 5.91 Å². The Morgan fingerprint density at radius 3 is 1.90 bits per heavy atom. The number of fused-ring (bicyclic) bond motifs is 2. The monoisotopic (exact) mass is 1530 g/mol. The molecular weight excluding hydrogens is 1400 g/mol. The number of nitrogens with zero attached hydrogens (tertiary/aromatic N) is 2. The van der Waals surface area contributed by atoms with Crippen LogP contribution < -0.4 is 11.1 Å². The Morgan fingerprint density at radius 2 is 1.26 bits per heavy atom. The summed E-state index contributed by atoms with van der Waals surface area (Å²) in [5.41, 5.74) is 6.57. The number of aryl methyl sites for hydroxylation is 2. The normalized spacial score (nSPS) is 30.0. The number of amides is 1. The lowest BCUT2D eigenvalue weighted by molar-refractivity contribution is -0.120. The molecule has 0 aromatic carbocycles. The number of carbonyl (C=O) groups is 2. The minimum absolute atomic E-state index is 0.0176. The van der Waals surface area contributed by atoms with Crippen molar-refractivity contribution in [2.45, 2.75) is 383 Å². The third kappa shape index (κ3) is 39.8. The van der Waals surface area contributed by atoms with Gasteiger partial charge in [-0.05, 0) is 212 Å². The van der Waals surface area contributed by atoms with E-state index in [1.54, 1.807) is 32.3 Å². The first-order valence-corrected chi connectivity index (χ1v) is 41.4. The summed E-state index contributed by atoms with van der Waals surface area (Å²) in [6, 6.07) is -1.25. The molecule has 105 heavy (non-hydrogen) atoms. The largest absolute Gasteiger partial charge is 0.456 e. The number of aromatic nitrogens is 2. The molecule has 28 heteroatoms. The Labute approximate surface area is 629 Å². The quantitative estimate of drug-likeness (QED) is 0.0119. The third-order valence-corrected chi connectivity index (χ3v) is 22.2. The van der Waals surface area contributed by atoms with Gasteiger partial charge in [-0.25, -0.2) is 18.9 Å². The average Bonchev–Trinajstić information content (AvgIpc) is 1.80. The molecule has 608 valence electrons. The van der Waals surface area contributed by atoms with E-state index < -0.39 is 126 Å². The molecular formula is C77H136N4O22S2. The van der Waals surface area contributed by atoms with Crippen molar-refractivity contribution < 1.29 is 107 Å². The van der Waals surface area contributed by atoms with E-state index in [1.807, 2.05) is 26.0 Å². The van der Waals surface area contributed by atoms with Gasteiger partial charge in [-0.2, -0.15) is 8.42 Å². The zero-order valence-electron chi connectivity index (χ0n) is 64.0. The van der Waals surface area contributed by atoms with Gasteiger partial charge < -0.3 is 91.0 Å². The highest BCUT2D eigenvalue weighted by molar-refractivity contribution is 7.80. The summed E-state index contributed by atoms with van der Waals surface area (Å²) in [6.45, 7) is 12.2. The van der Waals surface area contributed by atoms with Crippen LogP contribution in [0.15, 0.2) is 39.9 Å². The first-order chi connectivity index (χ1) is 49.7. The van der Waals surface area contributed by atoms with Gasteiger partial charge in [0.05, 0.1) is 102 Å². The van der Waals surface area contributed by atoms with Crippen LogP contribution in [-0.4, -0.2) is 213 Å². The number of unbranched alkanes of at least 4 members (excludes halogenated alkanes) is 3. The number of thiazole rings is 1. The molecule has 1 amide bonds. The van der Waals surface area contributed by atoms with E-state index in [4.69, 9.17) is 33.5 Å². The van der Waals surface area contributed by atoms with Gasteiger partial charge in [-0.15, -0.1) is 11.3 Å². The van der Waals surface area contributed by atoms with Crippen LogP contribution in [0, 0.1) is 23.7 Å². The van der Waals surface area contributed by atoms with Crippen LogP contribution in [0.25, 0.3) is 0 Å². The first-order valence-electron chi connectivity index (χ1n) is 39.2. The molecule has 4 heterocycles. The summed E-state index contributed by atoms with van der Waals surface area (Å²) < 4.78 is 64.3. The van der Waals surface area contributed by atoms with Gasteiger partial charge in [0.15, 0.2) is 11.6 Å². The lowest BCUT2D eigenvalue weighted by atomic mass is 9.88. The topological polar surface area (TPSA) is 445 Å². The standard InChI is InChI=1S/C77H136N4O22S2/c1-48-31-34-62(89)39-57(84)23-15-22-55(82)21-14-13-19-50(3)75(103-105(96,97)98)74(54(7)101-77(95)67-46-100-72(79-67)29-18-28-58(85)38-56(83)24-17-27-61(88)43-66(99-8)35-32-48)81-76(94)52(5)37-51(4)69(93)44-64(91)41-60(87)26-16-25-59(86)40-63(90)42-65(92)45-71-49(2)33-36-70(102-71)68-47-104-73(80-68)30-12-10-9-11-20-53(6)78/h32,35,37,46-51,53-66,69-71,74-75,82-93H,9-31,33-34,36,38-45,78H2,1-8H3,(H,81,94)(H,96,97,98). The molecule has 1 saturated heterocycles. The minimum Gasteiger partial charge on any atom is -0.456 e. The molecule has 2 aliphatic rings. The lowest BCUT2D eigenvalue weighted by Crippen LogP contribution is -2.55. The molecule has 2 aromatic heterocycles. The van der Waals surface area contributed by atoms with Crippen molar-refractivity contribution in [3.63, 3.8) is 0 Å². The molecule has 0 spiro atoms. The van der Waals surface area contributed by atoms with Crippen LogP contribution >= 0.6 is 11.3 Å². The minimum atomic E-state index is -5.24. The number of hydrogen-bond donors (Lipinski definition) is 15. The van der Waals surface area contributed by atoms with Crippen LogP contribution in [0.4, 0.5) is 0 Å². The number of esters is 1. The average molecular weight is 1530 g/mol. The molecule has 0 radical (unpaired) electrons. The maximum absolute atomic E-state index is 14.2. The number of ether oxygens (including phenoxy) is 3. The fourth-order valence-electron chi connectivity index (χ4n) is 14.2. The Bertz CT molecular complexity index is 2850. The van der Waals surface area contributed by atoms with Crippen LogP contribution in [0.5, 0.6) is 0 Å². The second-order valence-corrected chi connectivity index (χ2v) is 33.0. The predicted molar refractivity (Wildman–Crippen MR) is 401 cm³/mol. The number of cyclic esters (lactones) is 1. The SMILES string of the molecule is COC1C=CC(C)CCC(O)CC(O)CCCC(O)CCCCC(C)C(OS(=O)(=O)O)C(NC(=O)C(C)=CC(C)C(O)CC(O)CC(O)CCCC(O)CC(O)CC(O)CC2OC(c3csc(CCCCCCC(C)N)n3)CCC2C)C(C)OC(=O)c2coc(n2)CCCC(O)CC(O)CCCC(O)C1. The van der Waals surface area contributed by atoms with Gasteiger partial charge in [-0.1, -0.05) is 78.0 Å². The summed E-state index contributed by atoms with van der Waals surface area (Å²) in [4.78, 5) is 37.2. The molecule has 23 unspecified atom stereocenters. The lowest BCUT2D eigenvalue weighted by Gasteiger charge is -2.35. The van der Waals surface area contributed by atoms with Crippen LogP contribution in [0.2, 0.25) is 0 Å². The zero-order valence-corrected chi connectivity index (χ0v) is 65.6. The van der Waals surface area contributed by atoms with Crippen molar-refractivity contribution in [2.24, 2.45) is 29.4 Å². The second kappa shape index (κ2) is 50.4. The summed E-state index contributed by atoms with van der Waals surface area (Å²) in [7, 11) is -3.67. The molecule has 2 bridgehead atoms. The molecule has 4 rings (SSSR count). The van der Waals surface area contributed by atoms with E-state index in [2.05, 4.69) is 22.6 Å². The highest BCUT2D eigenvalue weighted by atomic mass is 32.3. The van der Waals surface area contributed by atoms with Crippen molar-refractivity contribution in [1.29, 1.82) is 0 Å². The van der Waals surface area contributed by atoms with Crippen molar-refractivity contribution in [3.8, 4) is 0 Å². The summed E-state index contributed by atoms with van der Waals surface area (Å²) in [5.74, 6) is -2.95. The van der Waals surface area contributed by atoms with Crippen LogP contribution in [-0.2, 0) is 46.4 Å². The van der Waals surface area contributed by atoms with Crippen molar-refractivity contribution >= 4 is 33.6 Å². The Balaban J connectivity index is 1.34. The number of nitrogens with two attached hydrogens (primary N) is 1. The Morgan fingerprint density at radius 1 is 0.676 bits per heavy atom. The molecule has 0 aliphatic carbocycles. The van der Waals surface area contributed by atoms with E-state index in [0.29, 0.717) is 96.3 Å². The first kappa shape index (κ1) is 93.9. The number of aliphatic hydroxyl groups excluding tert-OH is 12. The highest BCUT2D eigenvalue weighted by Gasteiger charge is 2.40. The Kier molecular flexibility index (Phi) is 45.1. The fourth-order valence-corrected chi connectivity index (χ4v) is 15.7. The number of carbonyl (C=O) groups excluding carboxylic acids is 2. The molecule has 2 aliphatic heterocycles. The number of allylic oxidation sites excluding steroid dienone is 1. The summed E-state index contributed by atoms with van der Waals surface area (Å²) in [6.07, 6.45) is 7.45. The number of aliphatic hydroxyl groups is 12. The number of oxazole rings is 1. The van der Waals surface area contributed by atoms with Gasteiger partial charge in [0.25, 0.3) is 0 Å². The van der Waals surface area contributed by atoms with E-state index in [-0.39, 0.29) is 124 Å². The van der Waals surface area contributed by atoms with E-state index in [9.17, 15) is 83.8 Å². The van der Waals surface area contributed by atoms with Crippen molar-refractivity contribution in [2.75, 3.05) is 7.11 Å². The molecule has 0 saturated carbocycles. The van der Waals surface area contributed by atoms with Gasteiger partial charge in [0, 0.05) is 42.9 Å². The van der Waals surface area contributed by atoms with E-state index in [1.165, 1.54) is 19.9 Å². The zero-order chi connectivity index (χ0) is 77.8. The number of methoxy groups -OCH3 is 1. The van der Waals surface area contributed by atoms with Crippen LogP contribution in [0.3, 0.4) is 0 Å². The Hall–Kier alpha value is -3.47. The summed E-state index contributed by atoms with van der Waals surface area (Å²) in [5, 5.41) is 137. The van der Waals surface area contributed by atoms with Gasteiger partial charge in [0.1, 0.15) is 24.6 Å². The van der Waals surface area contributed by atoms with Gasteiger partial charge in [-0.3, -0.25) is 9.35 Å². The van der Waals surface area contributed by atoms with E-state index >= 15 is 0 Å². The molecule has 1 fully saturated rings. The second-order valence-electron chi connectivity index (χ2n) is 31.1. The molecule has 16 N–H and O–H groups in total. The van der Waals surface area contributed by atoms with Crippen LogP contribution in [0.1, 0.15) is 287 Å². The maximum Gasteiger partial charge on any atom is 0.397 e.